The van der Waals surface area contributed by atoms with E-state index >= 15 is 0 Å². The van der Waals surface area contributed by atoms with Gasteiger partial charge in [-0.05, 0) is 73.7 Å². The van der Waals surface area contributed by atoms with Crippen LogP contribution in [-0.4, -0.2) is 23.3 Å². The first-order chi connectivity index (χ1) is 21.1. The van der Waals surface area contributed by atoms with E-state index in [1.54, 1.807) is 24.3 Å². The molecule has 0 amide bonds. The first-order valence-electron chi connectivity index (χ1n) is 13.8. The summed E-state index contributed by atoms with van der Waals surface area (Å²) in [6.07, 6.45) is 7.90. The standard InChI is InChI=1S/C36H25N5OS/c1-3-4-5-10-24(2)40-31-13-8-6-11-29(31)33-35(40)38-34-30-12-7-9-14-32(30)41(36(34)39-33)26-17-21-28(22-18-26)43(42)27-19-15-25(23-37)16-20-27/h3-22H,2H2,1H3/b4-3-,10-5-. The Hall–Kier alpha value is -5.58. The highest BCUT2D eigenvalue weighted by atomic mass is 32.2. The molecule has 4 aromatic carbocycles. The van der Waals surface area contributed by atoms with Gasteiger partial charge in [0.1, 0.15) is 11.0 Å². The Bertz CT molecular complexity index is 2330. The van der Waals surface area contributed by atoms with E-state index in [2.05, 4.69) is 46.0 Å². The molecule has 7 aromatic rings. The summed E-state index contributed by atoms with van der Waals surface area (Å²) >= 11 is 0. The van der Waals surface area contributed by atoms with Crippen LogP contribution in [0.4, 0.5) is 0 Å². The topological polar surface area (TPSA) is 76.5 Å². The number of hydrogen-bond donors (Lipinski definition) is 0. The molecular formula is C36H25N5OS. The zero-order valence-corrected chi connectivity index (χ0v) is 24.1. The maximum atomic E-state index is 13.3. The molecule has 7 heteroatoms. The number of hydrogen-bond acceptors (Lipinski definition) is 4. The summed E-state index contributed by atoms with van der Waals surface area (Å²) in [5.74, 6) is 0. The van der Waals surface area contributed by atoms with Crippen molar-refractivity contribution in [2.24, 2.45) is 0 Å². The van der Waals surface area contributed by atoms with Gasteiger partial charge in [0.2, 0.25) is 0 Å². The second kappa shape index (κ2) is 10.7. The summed E-state index contributed by atoms with van der Waals surface area (Å²) in [6.45, 7) is 6.33. The number of nitrogens with zero attached hydrogens (tertiary/aromatic N) is 5. The average Bonchev–Trinajstić information content (AvgIpc) is 3.55. The van der Waals surface area contributed by atoms with Crippen LogP contribution >= 0.6 is 0 Å². The van der Waals surface area contributed by atoms with Crippen molar-refractivity contribution in [1.82, 2.24) is 19.1 Å². The predicted octanol–water partition coefficient (Wildman–Crippen LogP) is 8.32. The Morgan fingerprint density at radius 2 is 1.37 bits per heavy atom. The SMILES string of the molecule is C=C(/C=C\C=C/C)n1c2ccccc2c2nc3c(nc21)c1ccccc1n3-c1ccc(S(=O)c2ccc(C#N)cc2)cc1. The van der Waals surface area contributed by atoms with Crippen molar-refractivity contribution in [1.29, 1.82) is 5.26 Å². The highest BCUT2D eigenvalue weighted by Gasteiger charge is 2.21. The van der Waals surface area contributed by atoms with E-state index in [4.69, 9.17) is 15.2 Å². The fourth-order valence-corrected chi connectivity index (χ4v) is 6.51. The zero-order chi connectivity index (χ0) is 29.5. The molecule has 0 fully saturated rings. The molecule has 0 radical (unpaired) electrons. The molecule has 3 heterocycles. The fraction of sp³-hybridized carbons (Fsp3) is 0.0278. The summed E-state index contributed by atoms with van der Waals surface area (Å²) in [5, 5.41) is 11.1. The summed E-state index contributed by atoms with van der Waals surface area (Å²) < 4.78 is 17.4. The smallest absolute Gasteiger partial charge is 0.165 e. The van der Waals surface area contributed by atoms with Crippen LogP contribution in [-0.2, 0) is 10.8 Å². The molecule has 3 aromatic heterocycles. The Morgan fingerprint density at radius 3 is 2.05 bits per heavy atom. The van der Waals surface area contributed by atoms with Crippen molar-refractivity contribution in [2.75, 3.05) is 0 Å². The molecule has 0 saturated heterocycles. The van der Waals surface area contributed by atoms with Gasteiger partial charge in [-0.2, -0.15) is 5.26 Å². The van der Waals surface area contributed by atoms with Gasteiger partial charge in [-0.3, -0.25) is 9.13 Å². The number of aromatic nitrogens is 4. The number of benzene rings is 4. The van der Waals surface area contributed by atoms with E-state index in [9.17, 15) is 4.21 Å². The molecule has 1 atom stereocenters. The number of para-hydroxylation sites is 2. The molecule has 7 rings (SSSR count). The third kappa shape index (κ3) is 4.37. The van der Waals surface area contributed by atoms with Crippen LogP contribution in [0.2, 0.25) is 0 Å². The molecule has 6 nitrogen and oxygen atoms in total. The van der Waals surface area contributed by atoms with Crippen molar-refractivity contribution < 1.29 is 4.21 Å². The molecule has 0 aliphatic heterocycles. The van der Waals surface area contributed by atoms with Crippen molar-refractivity contribution in [3.63, 3.8) is 0 Å². The summed E-state index contributed by atoms with van der Waals surface area (Å²) in [6, 6.07) is 32.9. The molecule has 0 saturated carbocycles. The normalized spacial score (nSPS) is 12.7. The van der Waals surface area contributed by atoms with Gasteiger partial charge in [0.05, 0.1) is 33.5 Å². The molecule has 43 heavy (non-hydrogen) atoms. The number of fused-ring (bicyclic) bond motifs is 6. The first kappa shape index (κ1) is 26.3. The minimum absolute atomic E-state index is 0.537. The van der Waals surface area contributed by atoms with Gasteiger partial charge in [0.15, 0.2) is 11.3 Å². The minimum Gasteiger partial charge on any atom is -0.293 e. The third-order valence-electron chi connectivity index (χ3n) is 7.47. The van der Waals surface area contributed by atoms with E-state index in [1.807, 2.05) is 79.8 Å². The predicted molar refractivity (Wildman–Crippen MR) is 174 cm³/mol. The first-order valence-corrected chi connectivity index (χ1v) is 15.0. The Labute approximate surface area is 250 Å². The van der Waals surface area contributed by atoms with Crippen LogP contribution in [0.3, 0.4) is 0 Å². The molecule has 0 N–H and O–H groups in total. The van der Waals surface area contributed by atoms with Gasteiger partial charge in [0, 0.05) is 31.9 Å². The van der Waals surface area contributed by atoms with Crippen LogP contribution in [0, 0.1) is 11.3 Å². The molecule has 206 valence electrons. The van der Waals surface area contributed by atoms with E-state index in [0.717, 1.165) is 55.5 Å². The van der Waals surface area contributed by atoms with E-state index in [1.165, 1.54) is 0 Å². The molecule has 0 bridgehead atoms. The lowest BCUT2D eigenvalue weighted by atomic mass is 10.2. The summed E-state index contributed by atoms with van der Waals surface area (Å²) in [4.78, 5) is 11.8. The molecule has 0 aliphatic rings. The maximum absolute atomic E-state index is 13.3. The van der Waals surface area contributed by atoms with Gasteiger partial charge in [0.25, 0.3) is 0 Å². The van der Waals surface area contributed by atoms with Gasteiger partial charge in [-0.15, -0.1) is 0 Å². The summed E-state index contributed by atoms with van der Waals surface area (Å²) in [5.41, 5.74) is 7.28. The molecule has 0 aliphatic carbocycles. The lowest BCUT2D eigenvalue weighted by molar-refractivity contribution is 0.683. The van der Waals surface area contributed by atoms with E-state index < -0.39 is 10.8 Å². The van der Waals surface area contributed by atoms with Gasteiger partial charge in [-0.25, -0.2) is 14.2 Å². The summed E-state index contributed by atoms with van der Waals surface area (Å²) in [7, 11) is -1.37. The second-order valence-corrected chi connectivity index (χ2v) is 11.5. The van der Waals surface area contributed by atoms with Gasteiger partial charge < -0.3 is 0 Å². The maximum Gasteiger partial charge on any atom is 0.165 e. The van der Waals surface area contributed by atoms with Crippen LogP contribution in [0.5, 0.6) is 0 Å². The third-order valence-corrected chi connectivity index (χ3v) is 8.87. The lowest BCUT2D eigenvalue weighted by Gasteiger charge is -2.09. The minimum atomic E-state index is -1.37. The van der Waals surface area contributed by atoms with E-state index in [-0.39, 0.29) is 0 Å². The number of nitriles is 1. The van der Waals surface area contributed by atoms with Gasteiger partial charge in [-0.1, -0.05) is 61.2 Å². The van der Waals surface area contributed by atoms with Crippen LogP contribution < -0.4 is 0 Å². The largest absolute Gasteiger partial charge is 0.293 e. The number of rotatable bonds is 6. The van der Waals surface area contributed by atoms with Crippen LogP contribution in [0.25, 0.3) is 55.5 Å². The highest BCUT2D eigenvalue weighted by Crippen LogP contribution is 2.35. The fourth-order valence-electron chi connectivity index (χ4n) is 5.47. The van der Waals surface area contributed by atoms with Crippen molar-refractivity contribution in [3.8, 4) is 11.8 Å². The Kier molecular flexibility index (Phi) is 6.54. The second-order valence-electron chi connectivity index (χ2n) is 10.0. The molecular weight excluding hydrogens is 550 g/mol. The Balaban J connectivity index is 1.42. The Morgan fingerprint density at radius 1 is 0.791 bits per heavy atom. The quantitative estimate of drug-likeness (QED) is 0.187. The monoisotopic (exact) mass is 575 g/mol. The van der Waals surface area contributed by atoms with Gasteiger partial charge >= 0.3 is 0 Å². The lowest BCUT2D eigenvalue weighted by Crippen LogP contribution is -1.99. The molecule has 0 spiro atoms. The van der Waals surface area contributed by atoms with Crippen LogP contribution in [0.1, 0.15) is 12.5 Å². The average molecular weight is 576 g/mol. The van der Waals surface area contributed by atoms with Crippen molar-refractivity contribution in [3.05, 3.63) is 134 Å². The number of allylic oxidation sites excluding steroid dienone is 5. The van der Waals surface area contributed by atoms with E-state index in [0.29, 0.717) is 15.4 Å². The van der Waals surface area contributed by atoms with Crippen molar-refractivity contribution in [2.45, 2.75) is 16.7 Å². The molecule has 1 unspecified atom stereocenters. The van der Waals surface area contributed by atoms with Crippen LogP contribution in [0.15, 0.2) is 138 Å². The van der Waals surface area contributed by atoms with Crippen molar-refractivity contribution >= 4 is 60.6 Å². The zero-order valence-electron chi connectivity index (χ0n) is 23.3. The highest BCUT2D eigenvalue weighted by molar-refractivity contribution is 7.85.